The molecule has 1 aromatic rings. The lowest BCUT2D eigenvalue weighted by atomic mass is 10.1. The Morgan fingerprint density at radius 2 is 1.81 bits per heavy atom. The van der Waals surface area contributed by atoms with E-state index in [0.717, 1.165) is 19.6 Å². The molecule has 16 heavy (non-hydrogen) atoms. The van der Waals surface area contributed by atoms with E-state index in [4.69, 9.17) is 4.74 Å². The summed E-state index contributed by atoms with van der Waals surface area (Å²) < 4.78 is 5.08. The van der Waals surface area contributed by atoms with Crippen LogP contribution in [0, 0.1) is 0 Å². The number of likely N-dealkylation sites (N-methyl/N-ethyl adjacent to an activating group) is 2. The zero-order chi connectivity index (χ0) is 11.8. The SMILES string of the molecule is CNCCN(C)Cc1ccc(COC)cc1. The molecule has 0 amide bonds. The van der Waals surface area contributed by atoms with Crippen LogP contribution >= 0.6 is 0 Å². The Morgan fingerprint density at radius 1 is 1.19 bits per heavy atom. The lowest BCUT2D eigenvalue weighted by molar-refractivity contribution is 0.185. The van der Waals surface area contributed by atoms with E-state index in [2.05, 4.69) is 41.5 Å². The monoisotopic (exact) mass is 222 g/mol. The van der Waals surface area contributed by atoms with Gasteiger partial charge in [0.25, 0.3) is 0 Å². The Balaban J connectivity index is 2.41. The van der Waals surface area contributed by atoms with Crippen LogP contribution in [0.5, 0.6) is 0 Å². The minimum atomic E-state index is 0.690. The van der Waals surface area contributed by atoms with Crippen LogP contribution in [0.15, 0.2) is 24.3 Å². The maximum atomic E-state index is 5.08. The molecule has 0 fully saturated rings. The molecular formula is C13H22N2O. The number of ether oxygens (including phenoxy) is 1. The molecule has 0 spiro atoms. The van der Waals surface area contributed by atoms with E-state index in [1.807, 2.05) is 7.05 Å². The van der Waals surface area contributed by atoms with Crippen molar-refractivity contribution in [3.63, 3.8) is 0 Å². The quantitative estimate of drug-likeness (QED) is 0.756. The second-order valence-corrected chi connectivity index (χ2v) is 4.09. The third-order valence-corrected chi connectivity index (χ3v) is 2.53. The highest BCUT2D eigenvalue weighted by Crippen LogP contribution is 2.07. The molecule has 0 saturated carbocycles. The molecule has 0 aromatic heterocycles. The van der Waals surface area contributed by atoms with E-state index < -0.39 is 0 Å². The van der Waals surface area contributed by atoms with Crippen molar-refractivity contribution in [1.82, 2.24) is 10.2 Å². The maximum absolute atomic E-state index is 5.08. The number of benzene rings is 1. The molecule has 0 saturated heterocycles. The lowest BCUT2D eigenvalue weighted by Crippen LogP contribution is -2.26. The van der Waals surface area contributed by atoms with Crippen molar-refractivity contribution in [2.45, 2.75) is 13.2 Å². The number of hydrogen-bond donors (Lipinski definition) is 1. The predicted octanol–water partition coefficient (Wildman–Crippen LogP) is 1.48. The average Bonchev–Trinajstić information content (AvgIpc) is 2.29. The molecule has 0 radical (unpaired) electrons. The first-order valence-corrected chi connectivity index (χ1v) is 5.66. The van der Waals surface area contributed by atoms with E-state index in [-0.39, 0.29) is 0 Å². The maximum Gasteiger partial charge on any atom is 0.0713 e. The van der Waals surface area contributed by atoms with Gasteiger partial charge in [0.15, 0.2) is 0 Å². The van der Waals surface area contributed by atoms with Crippen LogP contribution in [0.4, 0.5) is 0 Å². The molecule has 0 bridgehead atoms. The van der Waals surface area contributed by atoms with Crippen LogP contribution in [-0.2, 0) is 17.9 Å². The molecule has 90 valence electrons. The number of hydrogen-bond acceptors (Lipinski definition) is 3. The summed E-state index contributed by atoms with van der Waals surface area (Å²) in [4.78, 5) is 2.31. The summed E-state index contributed by atoms with van der Waals surface area (Å²) >= 11 is 0. The van der Waals surface area contributed by atoms with Gasteiger partial charge in [-0.25, -0.2) is 0 Å². The van der Waals surface area contributed by atoms with Crippen LogP contribution in [0.25, 0.3) is 0 Å². The van der Waals surface area contributed by atoms with Crippen LogP contribution < -0.4 is 5.32 Å². The lowest BCUT2D eigenvalue weighted by Gasteiger charge is -2.16. The second-order valence-electron chi connectivity index (χ2n) is 4.09. The normalized spacial score (nSPS) is 11.0. The van der Waals surface area contributed by atoms with E-state index in [1.54, 1.807) is 7.11 Å². The minimum Gasteiger partial charge on any atom is -0.380 e. The largest absolute Gasteiger partial charge is 0.380 e. The number of nitrogens with zero attached hydrogens (tertiary/aromatic N) is 1. The first kappa shape index (κ1) is 13.2. The summed E-state index contributed by atoms with van der Waals surface area (Å²) in [6.07, 6.45) is 0. The summed E-state index contributed by atoms with van der Waals surface area (Å²) in [5.41, 5.74) is 2.57. The highest BCUT2D eigenvalue weighted by molar-refractivity contribution is 5.21. The van der Waals surface area contributed by atoms with Gasteiger partial charge in [-0.2, -0.15) is 0 Å². The fourth-order valence-electron chi connectivity index (χ4n) is 1.60. The Kier molecular flexibility index (Phi) is 6.08. The van der Waals surface area contributed by atoms with Crippen molar-refractivity contribution < 1.29 is 4.74 Å². The van der Waals surface area contributed by atoms with Gasteiger partial charge in [-0.15, -0.1) is 0 Å². The van der Waals surface area contributed by atoms with Gasteiger partial charge in [0.2, 0.25) is 0 Å². The summed E-state index contributed by atoms with van der Waals surface area (Å²) in [6, 6.07) is 8.60. The zero-order valence-corrected chi connectivity index (χ0v) is 10.5. The third-order valence-electron chi connectivity index (χ3n) is 2.53. The van der Waals surface area contributed by atoms with Gasteiger partial charge in [-0.05, 0) is 25.2 Å². The molecular weight excluding hydrogens is 200 g/mol. The Bertz CT molecular complexity index is 284. The number of rotatable bonds is 7. The summed E-state index contributed by atoms with van der Waals surface area (Å²) in [5, 5.41) is 3.15. The van der Waals surface area contributed by atoms with Crippen LogP contribution in [0.1, 0.15) is 11.1 Å². The van der Waals surface area contributed by atoms with Crippen molar-refractivity contribution in [1.29, 1.82) is 0 Å². The number of nitrogens with one attached hydrogen (secondary N) is 1. The molecule has 0 aliphatic carbocycles. The Morgan fingerprint density at radius 3 is 2.38 bits per heavy atom. The minimum absolute atomic E-state index is 0.690. The van der Waals surface area contributed by atoms with Crippen LogP contribution in [-0.4, -0.2) is 39.2 Å². The van der Waals surface area contributed by atoms with E-state index in [0.29, 0.717) is 6.61 Å². The highest BCUT2D eigenvalue weighted by atomic mass is 16.5. The summed E-state index contributed by atoms with van der Waals surface area (Å²) in [6.45, 7) is 3.78. The van der Waals surface area contributed by atoms with E-state index in [9.17, 15) is 0 Å². The molecule has 0 aliphatic rings. The smallest absolute Gasteiger partial charge is 0.0713 e. The first-order valence-electron chi connectivity index (χ1n) is 5.66. The van der Waals surface area contributed by atoms with Crippen molar-refractivity contribution in [2.24, 2.45) is 0 Å². The fraction of sp³-hybridized carbons (Fsp3) is 0.538. The standard InChI is InChI=1S/C13H22N2O/c1-14-8-9-15(2)10-12-4-6-13(7-5-12)11-16-3/h4-7,14H,8-11H2,1-3H3. The number of methoxy groups -OCH3 is 1. The molecule has 1 rings (SSSR count). The molecule has 1 N–H and O–H groups in total. The first-order chi connectivity index (χ1) is 7.76. The zero-order valence-electron chi connectivity index (χ0n) is 10.5. The molecule has 0 heterocycles. The second kappa shape index (κ2) is 7.39. The molecule has 0 aliphatic heterocycles. The third kappa shape index (κ3) is 4.75. The molecule has 3 heteroatoms. The van der Waals surface area contributed by atoms with Gasteiger partial charge in [0.1, 0.15) is 0 Å². The van der Waals surface area contributed by atoms with Gasteiger partial charge in [-0.3, -0.25) is 0 Å². The molecule has 0 unspecified atom stereocenters. The summed E-state index contributed by atoms with van der Waals surface area (Å²) in [5.74, 6) is 0. The predicted molar refractivity (Wildman–Crippen MR) is 67.4 cm³/mol. The molecule has 3 nitrogen and oxygen atoms in total. The highest BCUT2D eigenvalue weighted by Gasteiger charge is 1.99. The van der Waals surface area contributed by atoms with Gasteiger partial charge < -0.3 is 15.0 Å². The van der Waals surface area contributed by atoms with Crippen LogP contribution in [0.3, 0.4) is 0 Å². The van der Waals surface area contributed by atoms with Crippen molar-refractivity contribution in [3.8, 4) is 0 Å². The Labute approximate surface area is 98.4 Å². The van der Waals surface area contributed by atoms with E-state index in [1.165, 1.54) is 11.1 Å². The van der Waals surface area contributed by atoms with Gasteiger partial charge in [-0.1, -0.05) is 24.3 Å². The Hall–Kier alpha value is -0.900. The van der Waals surface area contributed by atoms with E-state index >= 15 is 0 Å². The van der Waals surface area contributed by atoms with Crippen molar-refractivity contribution >= 4 is 0 Å². The van der Waals surface area contributed by atoms with Gasteiger partial charge >= 0.3 is 0 Å². The van der Waals surface area contributed by atoms with Crippen molar-refractivity contribution in [2.75, 3.05) is 34.3 Å². The van der Waals surface area contributed by atoms with Crippen LogP contribution in [0.2, 0.25) is 0 Å². The fourth-order valence-corrected chi connectivity index (χ4v) is 1.60. The van der Waals surface area contributed by atoms with Gasteiger partial charge in [0.05, 0.1) is 6.61 Å². The molecule has 1 aromatic carbocycles. The summed E-state index contributed by atoms with van der Waals surface area (Å²) in [7, 11) is 5.84. The van der Waals surface area contributed by atoms with Crippen molar-refractivity contribution in [3.05, 3.63) is 35.4 Å². The molecule has 0 atom stereocenters. The topological polar surface area (TPSA) is 24.5 Å². The van der Waals surface area contributed by atoms with Gasteiger partial charge in [0, 0.05) is 26.7 Å². The average molecular weight is 222 g/mol.